The molecule has 18 heavy (non-hydrogen) atoms. The van der Waals surface area contributed by atoms with Crippen LogP contribution >= 0.6 is 0 Å². The fourth-order valence-electron chi connectivity index (χ4n) is 2.90. The van der Waals surface area contributed by atoms with Crippen molar-refractivity contribution in [3.63, 3.8) is 0 Å². The maximum atomic E-state index is 11.0. The molecule has 2 fully saturated rings. The third kappa shape index (κ3) is 3.85. The zero-order valence-corrected chi connectivity index (χ0v) is 11.4. The first kappa shape index (κ1) is 13.6. The zero-order valence-electron chi connectivity index (χ0n) is 11.4. The van der Waals surface area contributed by atoms with Gasteiger partial charge in [-0.05, 0) is 58.3 Å². The predicted molar refractivity (Wildman–Crippen MR) is 72.4 cm³/mol. The lowest BCUT2D eigenvalue weighted by Crippen LogP contribution is -2.48. The third-order valence-corrected chi connectivity index (χ3v) is 4.34. The lowest BCUT2D eigenvalue weighted by Gasteiger charge is -2.34. The van der Waals surface area contributed by atoms with Gasteiger partial charge in [0.15, 0.2) is 0 Å². The van der Waals surface area contributed by atoms with Crippen LogP contribution < -0.4 is 11.1 Å². The maximum absolute atomic E-state index is 11.0. The van der Waals surface area contributed by atoms with Crippen molar-refractivity contribution in [2.75, 3.05) is 39.8 Å². The number of carbonyl (C=O) groups excluding carboxylic acids is 1. The molecular formula is C13H26N4O. The molecule has 0 saturated carbocycles. The van der Waals surface area contributed by atoms with E-state index in [2.05, 4.69) is 17.3 Å². The van der Waals surface area contributed by atoms with Crippen molar-refractivity contribution in [2.24, 2.45) is 11.7 Å². The van der Waals surface area contributed by atoms with Crippen LogP contribution in [-0.4, -0.2) is 61.6 Å². The quantitative estimate of drug-likeness (QED) is 0.769. The van der Waals surface area contributed by atoms with Crippen LogP contribution in [0, 0.1) is 5.92 Å². The molecule has 2 saturated heterocycles. The summed E-state index contributed by atoms with van der Waals surface area (Å²) in [5.74, 6) is 0.829. The summed E-state index contributed by atoms with van der Waals surface area (Å²) in [7, 11) is 2.20. The number of hydrogen-bond acceptors (Lipinski definition) is 3. The van der Waals surface area contributed by atoms with E-state index in [1.807, 2.05) is 0 Å². The molecule has 0 atom stereocenters. The molecule has 2 aliphatic heterocycles. The second kappa shape index (κ2) is 6.38. The highest BCUT2D eigenvalue weighted by atomic mass is 16.2. The second-order valence-corrected chi connectivity index (χ2v) is 5.75. The van der Waals surface area contributed by atoms with Gasteiger partial charge in [0, 0.05) is 19.1 Å². The molecule has 2 heterocycles. The van der Waals surface area contributed by atoms with Gasteiger partial charge in [-0.3, -0.25) is 0 Å². The van der Waals surface area contributed by atoms with Gasteiger partial charge >= 0.3 is 6.03 Å². The number of nitrogens with zero attached hydrogens (tertiary/aromatic N) is 2. The van der Waals surface area contributed by atoms with Crippen molar-refractivity contribution >= 4 is 6.03 Å². The van der Waals surface area contributed by atoms with Crippen molar-refractivity contribution in [3.8, 4) is 0 Å². The molecule has 104 valence electrons. The first-order chi connectivity index (χ1) is 8.65. The first-order valence-corrected chi connectivity index (χ1v) is 7.11. The van der Waals surface area contributed by atoms with Crippen LogP contribution in [0.25, 0.3) is 0 Å². The highest BCUT2D eigenvalue weighted by Crippen LogP contribution is 2.16. The van der Waals surface area contributed by atoms with Crippen molar-refractivity contribution in [1.29, 1.82) is 0 Å². The average Bonchev–Trinajstić information content (AvgIpc) is 2.38. The summed E-state index contributed by atoms with van der Waals surface area (Å²) in [6, 6.07) is 0.295. The molecule has 2 amide bonds. The van der Waals surface area contributed by atoms with Crippen LogP contribution in [0.5, 0.6) is 0 Å². The van der Waals surface area contributed by atoms with Crippen LogP contribution in [0.3, 0.4) is 0 Å². The summed E-state index contributed by atoms with van der Waals surface area (Å²) in [6.45, 7) is 5.20. The minimum absolute atomic E-state index is 0.274. The smallest absolute Gasteiger partial charge is 0.314 e. The largest absolute Gasteiger partial charge is 0.351 e. The number of primary amides is 1. The maximum Gasteiger partial charge on any atom is 0.314 e. The molecule has 0 aliphatic carbocycles. The minimum atomic E-state index is -0.274. The molecule has 0 aromatic heterocycles. The van der Waals surface area contributed by atoms with E-state index in [0.29, 0.717) is 6.04 Å². The molecule has 3 N–H and O–H groups in total. The fraction of sp³-hybridized carbons (Fsp3) is 0.923. The summed E-state index contributed by atoms with van der Waals surface area (Å²) in [5, 5.41) is 3.67. The topological polar surface area (TPSA) is 61.6 Å². The number of hydrogen-bond donors (Lipinski definition) is 2. The Morgan fingerprint density at radius 1 is 1.17 bits per heavy atom. The van der Waals surface area contributed by atoms with Crippen molar-refractivity contribution in [2.45, 2.75) is 31.7 Å². The Balaban J connectivity index is 1.62. The van der Waals surface area contributed by atoms with Crippen LogP contribution in [0.15, 0.2) is 0 Å². The lowest BCUT2D eigenvalue weighted by molar-refractivity contribution is 0.177. The number of urea groups is 1. The standard InChI is InChI=1S/C13H26N4O/c1-16-6-2-11(3-7-16)10-15-12-4-8-17(9-5-12)13(14)18/h11-12,15H,2-10H2,1H3,(H2,14,18). The fourth-order valence-corrected chi connectivity index (χ4v) is 2.90. The van der Waals surface area contributed by atoms with Gasteiger partial charge in [0.25, 0.3) is 0 Å². The molecule has 5 heteroatoms. The highest BCUT2D eigenvalue weighted by Gasteiger charge is 2.22. The Morgan fingerprint density at radius 2 is 1.78 bits per heavy atom. The van der Waals surface area contributed by atoms with Gasteiger partial charge in [-0.2, -0.15) is 0 Å². The van der Waals surface area contributed by atoms with Gasteiger partial charge in [-0.25, -0.2) is 4.79 Å². The monoisotopic (exact) mass is 254 g/mol. The molecule has 0 unspecified atom stereocenters. The Morgan fingerprint density at radius 3 is 2.33 bits per heavy atom. The Hall–Kier alpha value is -0.810. The van der Waals surface area contributed by atoms with Crippen LogP contribution in [-0.2, 0) is 0 Å². The van der Waals surface area contributed by atoms with Gasteiger partial charge in [-0.15, -0.1) is 0 Å². The van der Waals surface area contributed by atoms with Gasteiger partial charge in [0.05, 0.1) is 0 Å². The normalized spacial score (nSPS) is 24.4. The number of amides is 2. The van der Waals surface area contributed by atoms with E-state index < -0.39 is 0 Å². The Bertz CT molecular complexity index is 268. The SMILES string of the molecule is CN1CCC(CNC2CCN(C(N)=O)CC2)CC1. The van der Waals surface area contributed by atoms with Gasteiger partial charge in [0.2, 0.25) is 0 Å². The van der Waals surface area contributed by atoms with Crippen LogP contribution in [0.4, 0.5) is 4.79 Å². The van der Waals surface area contributed by atoms with Gasteiger partial charge in [-0.1, -0.05) is 0 Å². The molecule has 2 aliphatic rings. The predicted octanol–water partition coefficient (Wildman–Crippen LogP) is 0.461. The Labute approximate surface area is 110 Å². The first-order valence-electron chi connectivity index (χ1n) is 7.11. The van der Waals surface area contributed by atoms with Crippen molar-refractivity contribution in [1.82, 2.24) is 15.1 Å². The van der Waals surface area contributed by atoms with Crippen molar-refractivity contribution < 1.29 is 4.79 Å². The number of likely N-dealkylation sites (tertiary alicyclic amines) is 2. The summed E-state index contributed by atoms with van der Waals surface area (Å²) in [6.07, 6.45) is 4.69. The van der Waals surface area contributed by atoms with Crippen LogP contribution in [0.2, 0.25) is 0 Å². The van der Waals surface area contributed by atoms with E-state index >= 15 is 0 Å². The summed E-state index contributed by atoms with van der Waals surface area (Å²) in [5.41, 5.74) is 5.28. The zero-order chi connectivity index (χ0) is 13.0. The number of piperidine rings is 2. The number of nitrogens with two attached hydrogens (primary N) is 1. The molecule has 0 aromatic rings. The average molecular weight is 254 g/mol. The molecular weight excluding hydrogens is 228 g/mol. The summed E-state index contributed by atoms with van der Waals surface area (Å²) >= 11 is 0. The third-order valence-electron chi connectivity index (χ3n) is 4.34. The molecule has 0 bridgehead atoms. The molecule has 0 aromatic carbocycles. The van der Waals surface area contributed by atoms with Gasteiger partial charge in [0.1, 0.15) is 0 Å². The van der Waals surface area contributed by atoms with E-state index in [-0.39, 0.29) is 6.03 Å². The van der Waals surface area contributed by atoms with E-state index in [1.54, 1.807) is 4.90 Å². The number of nitrogens with one attached hydrogen (secondary N) is 1. The number of carbonyl (C=O) groups is 1. The van der Waals surface area contributed by atoms with Crippen molar-refractivity contribution in [3.05, 3.63) is 0 Å². The van der Waals surface area contributed by atoms with Crippen LogP contribution in [0.1, 0.15) is 25.7 Å². The lowest BCUT2D eigenvalue weighted by atomic mass is 9.96. The summed E-state index contributed by atoms with van der Waals surface area (Å²) in [4.78, 5) is 15.2. The van der Waals surface area contributed by atoms with E-state index in [4.69, 9.17) is 5.73 Å². The highest BCUT2D eigenvalue weighted by molar-refractivity contribution is 5.72. The summed E-state index contributed by atoms with van der Waals surface area (Å²) < 4.78 is 0. The van der Waals surface area contributed by atoms with E-state index in [0.717, 1.165) is 38.4 Å². The second-order valence-electron chi connectivity index (χ2n) is 5.75. The number of rotatable bonds is 3. The van der Waals surface area contributed by atoms with Gasteiger partial charge < -0.3 is 20.9 Å². The molecule has 0 spiro atoms. The molecule has 5 nitrogen and oxygen atoms in total. The molecule has 2 rings (SSSR count). The van der Waals surface area contributed by atoms with E-state index in [1.165, 1.54) is 25.9 Å². The molecule has 0 radical (unpaired) electrons. The van der Waals surface area contributed by atoms with E-state index in [9.17, 15) is 4.79 Å². The Kier molecular flexibility index (Phi) is 4.83. The minimum Gasteiger partial charge on any atom is -0.351 e.